The number of aliphatic hydroxyl groups excluding tert-OH is 1. The summed E-state index contributed by atoms with van der Waals surface area (Å²) in [6, 6.07) is 0. The van der Waals surface area contributed by atoms with E-state index in [9.17, 15) is 4.79 Å². The number of allylic oxidation sites excluding steroid dienone is 5. The molecule has 0 unspecified atom stereocenters. The van der Waals surface area contributed by atoms with Gasteiger partial charge in [-0.1, -0.05) is 18.2 Å². The third kappa shape index (κ3) is 2.54. The molecule has 0 amide bonds. The van der Waals surface area contributed by atoms with Crippen LogP contribution in [0.3, 0.4) is 0 Å². The molecule has 3 N–H and O–H groups in total. The van der Waals surface area contributed by atoms with Crippen LogP contribution in [-0.4, -0.2) is 27.6 Å². The van der Waals surface area contributed by atoms with Gasteiger partial charge in [0.1, 0.15) is 0 Å². The summed E-state index contributed by atoms with van der Waals surface area (Å²) in [7, 11) is 0. The number of aliphatic hydroxyl groups is 2. The Morgan fingerprint density at radius 2 is 2.23 bits per heavy atom. The van der Waals surface area contributed by atoms with Crippen molar-refractivity contribution in [2.45, 2.75) is 12.7 Å². The molecule has 70 valence electrons. The minimum Gasteiger partial charge on any atom is -0.478 e. The molecule has 4 nitrogen and oxygen atoms in total. The number of hydrogen-bond donors (Lipinski definition) is 3. The molecule has 0 atom stereocenters. The highest BCUT2D eigenvalue weighted by Crippen LogP contribution is 2.15. The monoisotopic (exact) mass is 182 g/mol. The number of rotatable bonds is 3. The molecule has 1 aliphatic carbocycles. The number of hydrogen-bond acceptors (Lipinski definition) is 3. The zero-order valence-corrected chi connectivity index (χ0v) is 6.84. The second-order valence-electron chi connectivity index (χ2n) is 2.65. The molecule has 0 aliphatic heterocycles. The van der Waals surface area contributed by atoms with E-state index in [0.717, 1.165) is 5.57 Å². The molecule has 0 heterocycles. The predicted molar refractivity (Wildman–Crippen MR) is 45.8 cm³/mol. The van der Waals surface area contributed by atoms with Crippen LogP contribution in [0.5, 0.6) is 0 Å². The van der Waals surface area contributed by atoms with Gasteiger partial charge >= 0.3 is 5.97 Å². The molecular formula is C9H10O4. The van der Waals surface area contributed by atoms with Crippen LogP contribution in [0.2, 0.25) is 0 Å². The van der Waals surface area contributed by atoms with Crippen molar-refractivity contribution >= 4 is 5.97 Å². The number of carbonyl (C=O) groups is 1. The average Bonchev–Trinajstić information content (AvgIpc) is 2.50. The van der Waals surface area contributed by atoms with Gasteiger partial charge in [-0.3, -0.25) is 0 Å². The maximum Gasteiger partial charge on any atom is 0.336 e. The van der Waals surface area contributed by atoms with Gasteiger partial charge in [0, 0.05) is 0 Å². The SMILES string of the molecule is O=C(O)C(=CC1=CC=CC1)C(O)O. The van der Waals surface area contributed by atoms with Gasteiger partial charge < -0.3 is 15.3 Å². The normalized spacial score (nSPS) is 16.5. The molecular weight excluding hydrogens is 172 g/mol. The van der Waals surface area contributed by atoms with Gasteiger partial charge in [0.05, 0.1) is 5.57 Å². The highest BCUT2D eigenvalue weighted by molar-refractivity contribution is 5.88. The van der Waals surface area contributed by atoms with Crippen LogP contribution in [-0.2, 0) is 4.79 Å². The van der Waals surface area contributed by atoms with E-state index in [2.05, 4.69) is 0 Å². The lowest BCUT2D eigenvalue weighted by atomic mass is 10.1. The maximum absolute atomic E-state index is 10.5. The van der Waals surface area contributed by atoms with E-state index in [-0.39, 0.29) is 0 Å². The molecule has 0 aromatic rings. The van der Waals surface area contributed by atoms with Crippen LogP contribution in [0.4, 0.5) is 0 Å². The first-order chi connectivity index (χ1) is 6.11. The standard InChI is InChI=1S/C9H10O4/c10-8(11)7(9(12)13)5-6-3-1-2-4-6/h1-3,5,8,10-11H,4H2,(H,12,13). The summed E-state index contributed by atoms with van der Waals surface area (Å²) in [5, 5.41) is 26.0. The number of aliphatic carboxylic acids is 1. The molecule has 1 rings (SSSR count). The van der Waals surface area contributed by atoms with Crippen molar-refractivity contribution < 1.29 is 20.1 Å². The third-order valence-electron chi connectivity index (χ3n) is 1.67. The Bertz CT molecular complexity index is 297. The van der Waals surface area contributed by atoms with Crippen LogP contribution in [0, 0.1) is 0 Å². The number of carboxylic acids is 1. The molecule has 1 aliphatic rings. The van der Waals surface area contributed by atoms with Crippen LogP contribution < -0.4 is 0 Å². The second kappa shape index (κ2) is 4.02. The van der Waals surface area contributed by atoms with E-state index in [0.29, 0.717) is 6.42 Å². The summed E-state index contributed by atoms with van der Waals surface area (Å²) >= 11 is 0. The van der Waals surface area contributed by atoms with Crippen LogP contribution in [0.25, 0.3) is 0 Å². The molecule has 13 heavy (non-hydrogen) atoms. The number of carboxylic acid groups (broad SMARTS) is 1. The third-order valence-corrected chi connectivity index (χ3v) is 1.67. The van der Waals surface area contributed by atoms with E-state index in [1.165, 1.54) is 6.08 Å². The minimum atomic E-state index is -1.93. The molecule has 0 saturated heterocycles. The first kappa shape index (κ1) is 9.70. The molecule has 0 bridgehead atoms. The molecule has 0 spiro atoms. The fourth-order valence-corrected chi connectivity index (χ4v) is 1.02. The van der Waals surface area contributed by atoms with Crippen molar-refractivity contribution in [3.05, 3.63) is 35.5 Å². The van der Waals surface area contributed by atoms with Crippen molar-refractivity contribution in [1.29, 1.82) is 0 Å². The van der Waals surface area contributed by atoms with Gasteiger partial charge in [-0.25, -0.2) is 4.79 Å². The summed E-state index contributed by atoms with van der Waals surface area (Å²) in [5.41, 5.74) is 0.348. The highest BCUT2D eigenvalue weighted by Gasteiger charge is 2.15. The van der Waals surface area contributed by atoms with Crippen molar-refractivity contribution in [1.82, 2.24) is 0 Å². The predicted octanol–water partition coefficient (Wildman–Crippen LogP) is 0.194. The Labute approximate surface area is 75.1 Å². The largest absolute Gasteiger partial charge is 0.478 e. The topological polar surface area (TPSA) is 77.8 Å². The van der Waals surface area contributed by atoms with Gasteiger partial charge in [0.25, 0.3) is 0 Å². The van der Waals surface area contributed by atoms with Gasteiger partial charge in [-0.2, -0.15) is 0 Å². The van der Waals surface area contributed by atoms with E-state index < -0.39 is 17.8 Å². The molecule has 0 aromatic carbocycles. The fraction of sp³-hybridized carbons (Fsp3) is 0.222. The van der Waals surface area contributed by atoms with Gasteiger partial charge in [0.15, 0.2) is 6.29 Å². The fourth-order valence-electron chi connectivity index (χ4n) is 1.02. The molecule has 0 saturated carbocycles. The summed E-state index contributed by atoms with van der Waals surface area (Å²) in [5.74, 6) is -1.32. The Balaban J connectivity index is 2.81. The summed E-state index contributed by atoms with van der Waals surface area (Å²) < 4.78 is 0. The van der Waals surface area contributed by atoms with Gasteiger partial charge in [-0.05, 0) is 18.1 Å². The van der Waals surface area contributed by atoms with E-state index in [4.69, 9.17) is 15.3 Å². The molecule has 4 heteroatoms. The van der Waals surface area contributed by atoms with Crippen molar-refractivity contribution in [2.75, 3.05) is 0 Å². The Morgan fingerprint density at radius 3 is 2.62 bits per heavy atom. The summed E-state index contributed by atoms with van der Waals surface area (Å²) in [6.45, 7) is 0. The Morgan fingerprint density at radius 1 is 1.54 bits per heavy atom. The Kier molecular flexibility index (Phi) is 3.00. The quantitative estimate of drug-likeness (QED) is 0.430. The zero-order chi connectivity index (χ0) is 9.84. The van der Waals surface area contributed by atoms with Crippen molar-refractivity contribution in [3.8, 4) is 0 Å². The second-order valence-corrected chi connectivity index (χ2v) is 2.65. The maximum atomic E-state index is 10.5. The zero-order valence-electron chi connectivity index (χ0n) is 6.84. The van der Waals surface area contributed by atoms with E-state index >= 15 is 0 Å². The smallest absolute Gasteiger partial charge is 0.336 e. The Hall–Kier alpha value is -1.39. The van der Waals surface area contributed by atoms with Crippen LogP contribution in [0.1, 0.15) is 6.42 Å². The van der Waals surface area contributed by atoms with E-state index in [1.807, 2.05) is 6.08 Å². The van der Waals surface area contributed by atoms with Crippen LogP contribution in [0.15, 0.2) is 35.5 Å². The van der Waals surface area contributed by atoms with Crippen LogP contribution >= 0.6 is 0 Å². The van der Waals surface area contributed by atoms with Crippen molar-refractivity contribution in [3.63, 3.8) is 0 Å². The average molecular weight is 182 g/mol. The molecule has 0 aromatic heterocycles. The van der Waals surface area contributed by atoms with Gasteiger partial charge in [0.2, 0.25) is 0 Å². The van der Waals surface area contributed by atoms with Crippen molar-refractivity contribution in [2.24, 2.45) is 0 Å². The molecule has 0 fully saturated rings. The molecule has 0 radical (unpaired) electrons. The lowest BCUT2D eigenvalue weighted by Crippen LogP contribution is -2.16. The first-order valence-electron chi connectivity index (χ1n) is 3.78. The summed E-state index contributed by atoms with van der Waals surface area (Å²) in [6.07, 6.45) is 5.34. The van der Waals surface area contributed by atoms with E-state index in [1.54, 1.807) is 12.2 Å². The summed E-state index contributed by atoms with van der Waals surface area (Å²) in [4.78, 5) is 10.5. The highest BCUT2D eigenvalue weighted by atomic mass is 16.5. The lowest BCUT2D eigenvalue weighted by Gasteiger charge is -2.04. The van der Waals surface area contributed by atoms with Gasteiger partial charge in [-0.15, -0.1) is 0 Å². The minimum absolute atomic E-state index is 0.407. The first-order valence-corrected chi connectivity index (χ1v) is 3.78. The lowest BCUT2D eigenvalue weighted by molar-refractivity contribution is -0.136.